The van der Waals surface area contributed by atoms with Gasteiger partial charge in [0.05, 0.1) is 0 Å². The molecule has 0 unspecified atom stereocenters. The molecule has 0 aliphatic rings. The maximum Gasteiger partial charge on any atom is 0.143 e. The summed E-state index contributed by atoms with van der Waals surface area (Å²) < 4.78 is 6.35. The van der Waals surface area contributed by atoms with E-state index in [4.69, 9.17) is 4.74 Å². The maximum atomic E-state index is 4.70. The molecular formula is C3H6IO. The Morgan fingerprint density at radius 2 is 2.60 bits per heavy atom. The molecule has 0 aliphatic carbocycles. The van der Waals surface area contributed by atoms with Crippen molar-refractivity contribution in [3.8, 4) is 0 Å². The molecule has 0 rings (SSSR count). The van der Waals surface area contributed by atoms with Crippen LogP contribution in [0.4, 0.5) is 0 Å². The van der Waals surface area contributed by atoms with Crippen LogP contribution in [0.3, 0.4) is 0 Å². The number of halogens is 1. The summed E-state index contributed by atoms with van der Waals surface area (Å²) in [6.07, 6.45) is 0. The second kappa shape index (κ2) is 4.69. The van der Waals surface area contributed by atoms with Gasteiger partial charge in [-0.2, -0.15) is 0 Å². The van der Waals surface area contributed by atoms with Crippen molar-refractivity contribution in [3.05, 3.63) is 4.61 Å². The molecule has 0 heterocycles. The van der Waals surface area contributed by atoms with Crippen LogP contribution in [0.15, 0.2) is 0 Å². The molecular weight excluding hydrogens is 179 g/mol. The van der Waals surface area contributed by atoms with Gasteiger partial charge in [0.2, 0.25) is 0 Å². The zero-order valence-electron chi connectivity index (χ0n) is 3.07. The lowest BCUT2D eigenvalue weighted by Crippen LogP contribution is -1.75. The zero-order chi connectivity index (χ0) is 4.12. The molecule has 1 radical (unpaired) electrons. The summed E-state index contributed by atoms with van der Waals surface area (Å²) in [6, 6.07) is 0. The molecule has 0 saturated heterocycles. The van der Waals surface area contributed by atoms with Gasteiger partial charge in [-0.25, -0.2) is 0 Å². The largest absolute Gasteiger partial charge is 0.365 e. The van der Waals surface area contributed by atoms with Crippen LogP contribution in [0.2, 0.25) is 0 Å². The number of hydrogen-bond donors (Lipinski definition) is 0. The van der Waals surface area contributed by atoms with Crippen molar-refractivity contribution >= 4 is 22.6 Å². The second-order valence-corrected chi connectivity index (χ2v) is 1.05. The maximum absolute atomic E-state index is 4.70. The van der Waals surface area contributed by atoms with Crippen LogP contribution in [-0.2, 0) is 4.74 Å². The van der Waals surface area contributed by atoms with Crippen molar-refractivity contribution in [2.75, 3.05) is 6.61 Å². The third-order valence-electron chi connectivity index (χ3n) is 0.230. The average molecular weight is 185 g/mol. The Labute approximate surface area is 45.8 Å². The van der Waals surface area contributed by atoms with Crippen LogP contribution >= 0.6 is 22.6 Å². The van der Waals surface area contributed by atoms with Crippen molar-refractivity contribution in [1.29, 1.82) is 0 Å². The topological polar surface area (TPSA) is 9.23 Å². The molecule has 2 heteroatoms. The molecule has 0 aromatic heterocycles. The first-order valence-corrected chi connectivity index (χ1v) is 2.70. The van der Waals surface area contributed by atoms with E-state index in [9.17, 15) is 0 Å². The number of hydrogen-bond acceptors (Lipinski definition) is 1. The first-order chi connectivity index (χ1) is 2.41. The standard InChI is InChI=1S/C3H6IO/c1-2-5-3-4/h3H,2H2,1H3. The summed E-state index contributed by atoms with van der Waals surface area (Å²) in [5.41, 5.74) is 0. The fraction of sp³-hybridized carbons (Fsp3) is 0.667. The van der Waals surface area contributed by atoms with E-state index in [1.54, 1.807) is 4.61 Å². The van der Waals surface area contributed by atoms with Gasteiger partial charge in [0.1, 0.15) is 4.61 Å². The minimum absolute atomic E-state index is 0.781. The molecule has 0 aromatic carbocycles. The predicted molar refractivity (Wildman–Crippen MR) is 29.9 cm³/mol. The van der Waals surface area contributed by atoms with Gasteiger partial charge in [-0.3, -0.25) is 0 Å². The summed E-state index contributed by atoms with van der Waals surface area (Å²) in [5, 5.41) is 0. The van der Waals surface area contributed by atoms with E-state index in [1.807, 2.05) is 29.5 Å². The Balaban J connectivity index is 2.19. The lowest BCUT2D eigenvalue weighted by atomic mass is 10.9. The van der Waals surface area contributed by atoms with Gasteiger partial charge in [-0.05, 0) is 29.5 Å². The third-order valence-corrected chi connectivity index (χ3v) is 0.589. The highest BCUT2D eigenvalue weighted by Gasteiger charge is 1.67. The zero-order valence-corrected chi connectivity index (χ0v) is 5.23. The smallest absolute Gasteiger partial charge is 0.143 e. The van der Waals surface area contributed by atoms with Crippen molar-refractivity contribution in [2.24, 2.45) is 0 Å². The van der Waals surface area contributed by atoms with Crippen LogP contribution < -0.4 is 0 Å². The molecule has 0 amide bonds. The molecule has 0 spiro atoms. The molecule has 0 atom stereocenters. The van der Waals surface area contributed by atoms with Crippen molar-refractivity contribution in [2.45, 2.75) is 6.92 Å². The summed E-state index contributed by atoms with van der Waals surface area (Å²) in [4.78, 5) is 0. The van der Waals surface area contributed by atoms with E-state index >= 15 is 0 Å². The van der Waals surface area contributed by atoms with E-state index in [-0.39, 0.29) is 0 Å². The van der Waals surface area contributed by atoms with Crippen LogP contribution in [0.5, 0.6) is 0 Å². The first kappa shape index (κ1) is 5.69. The highest BCUT2D eigenvalue weighted by Crippen LogP contribution is 1.88. The average Bonchev–Trinajstić information content (AvgIpc) is 1.41. The summed E-state index contributed by atoms with van der Waals surface area (Å²) in [7, 11) is 0. The predicted octanol–water partition coefficient (Wildman–Crippen LogP) is 1.58. The van der Waals surface area contributed by atoms with Gasteiger partial charge >= 0.3 is 0 Å². The molecule has 0 saturated carbocycles. The monoisotopic (exact) mass is 185 g/mol. The van der Waals surface area contributed by atoms with E-state index in [0.717, 1.165) is 6.61 Å². The number of ether oxygens (including phenoxy) is 1. The summed E-state index contributed by atoms with van der Waals surface area (Å²) in [6.45, 7) is 2.73. The highest BCUT2D eigenvalue weighted by molar-refractivity contribution is 14.1. The highest BCUT2D eigenvalue weighted by atomic mass is 127. The Morgan fingerprint density at radius 3 is 2.60 bits per heavy atom. The Morgan fingerprint density at radius 1 is 2.00 bits per heavy atom. The van der Waals surface area contributed by atoms with Crippen LogP contribution in [0.1, 0.15) is 6.92 Å². The fourth-order valence-corrected chi connectivity index (χ4v) is 0.423. The third kappa shape index (κ3) is 4.69. The van der Waals surface area contributed by atoms with Crippen LogP contribution in [0.25, 0.3) is 0 Å². The molecule has 0 aromatic rings. The van der Waals surface area contributed by atoms with Gasteiger partial charge in [-0.15, -0.1) is 0 Å². The second-order valence-electron chi connectivity index (χ2n) is 0.544. The van der Waals surface area contributed by atoms with E-state index in [0.29, 0.717) is 0 Å². The van der Waals surface area contributed by atoms with Crippen LogP contribution in [-0.4, -0.2) is 6.61 Å². The van der Waals surface area contributed by atoms with E-state index in [2.05, 4.69) is 0 Å². The Bertz CT molecular complexity index is 14.4. The minimum atomic E-state index is 0.781. The van der Waals surface area contributed by atoms with Gasteiger partial charge in [0, 0.05) is 6.61 Å². The molecule has 1 nitrogen and oxygen atoms in total. The summed E-state index contributed by atoms with van der Waals surface area (Å²) in [5.74, 6) is 0. The van der Waals surface area contributed by atoms with E-state index < -0.39 is 0 Å². The fourth-order valence-electron chi connectivity index (χ4n) is 0.0630. The Hall–Kier alpha value is 0.690. The number of rotatable bonds is 2. The van der Waals surface area contributed by atoms with Gasteiger partial charge < -0.3 is 4.74 Å². The lowest BCUT2D eigenvalue weighted by molar-refractivity contribution is 0.255. The van der Waals surface area contributed by atoms with Crippen molar-refractivity contribution in [1.82, 2.24) is 0 Å². The lowest BCUT2D eigenvalue weighted by Gasteiger charge is -1.83. The van der Waals surface area contributed by atoms with Crippen LogP contribution in [0, 0.1) is 4.61 Å². The molecule has 0 N–H and O–H groups in total. The van der Waals surface area contributed by atoms with Gasteiger partial charge in [0.25, 0.3) is 0 Å². The van der Waals surface area contributed by atoms with E-state index in [1.165, 1.54) is 0 Å². The quantitative estimate of drug-likeness (QED) is 0.593. The first-order valence-electron chi connectivity index (χ1n) is 1.45. The molecule has 31 valence electrons. The molecule has 0 aliphatic heterocycles. The SMILES string of the molecule is CCO[CH]I. The minimum Gasteiger partial charge on any atom is -0.365 e. The van der Waals surface area contributed by atoms with Gasteiger partial charge in [-0.1, -0.05) is 0 Å². The normalized spacial score (nSPS) is 8.40. The molecule has 5 heavy (non-hydrogen) atoms. The van der Waals surface area contributed by atoms with Crippen molar-refractivity contribution < 1.29 is 4.74 Å². The Kier molecular flexibility index (Phi) is 5.34. The molecule has 0 bridgehead atoms. The van der Waals surface area contributed by atoms with Crippen molar-refractivity contribution in [3.63, 3.8) is 0 Å². The molecule has 0 fully saturated rings. The van der Waals surface area contributed by atoms with Gasteiger partial charge in [0.15, 0.2) is 0 Å². The summed E-state index contributed by atoms with van der Waals surface area (Å²) >= 11 is 2.04.